The van der Waals surface area contributed by atoms with E-state index in [4.69, 9.17) is 4.98 Å². The Morgan fingerprint density at radius 3 is 1.56 bits per heavy atom. The highest BCUT2D eigenvalue weighted by Gasteiger charge is 2.29. The van der Waals surface area contributed by atoms with Gasteiger partial charge in [0.05, 0.1) is 29.0 Å². The molecule has 7 aromatic rings. The summed E-state index contributed by atoms with van der Waals surface area (Å²) in [5.41, 5.74) is 8.89. The SMILES string of the molecule is N#Cc1nc(-c2ccccc2)c2c(-c3ccccc3)n(-c3cccnc3)c(-c3ccccc3)c2c1-c1ccccc1. The van der Waals surface area contributed by atoms with Gasteiger partial charge in [0, 0.05) is 28.1 Å². The first kappa shape index (κ1) is 24.3. The summed E-state index contributed by atoms with van der Waals surface area (Å²) in [7, 11) is 0. The number of rotatable bonds is 5. The number of hydrogen-bond acceptors (Lipinski definition) is 3. The topological polar surface area (TPSA) is 54.5 Å². The van der Waals surface area contributed by atoms with Crippen LogP contribution in [-0.2, 0) is 0 Å². The fourth-order valence-corrected chi connectivity index (χ4v) is 5.64. The number of benzene rings is 4. The standard InChI is InChI=1S/C37H24N4/c38-24-31-32(26-14-5-1-6-15-26)33-34(35(40-31)27-16-7-2-8-17-27)37(29-20-11-4-12-21-29)41(30-22-13-23-39-25-30)36(33)28-18-9-3-10-19-28/h1-23,25H. The molecule has 4 nitrogen and oxygen atoms in total. The van der Waals surface area contributed by atoms with Crippen LogP contribution in [0.1, 0.15) is 5.69 Å². The molecule has 3 heterocycles. The maximum atomic E-state index is 10.6. The minimum absolute atomic E-state index is 0.391. The van der Waals surface area contributed by atoms with Crippen LogP contribution in [-0.4, -0.2) is 14.5 Å². The Kier molecular flexibility index (Phi) is 6.16. The molecule has 41 heavy (non-hydrogen) atoms. The molecule has 0 saturated carbocycles. The predicted molar refractivity (Wildman–Crippen MR) is 165 cm³/mol. The third-order valence-electron chi connectivity index (χ3n) is 7.33. The van der Waals surface area contributed by atoms with Crippen LogP contribution in [0.25, 0.3) is 61.4 Å². The van der Waals surface area contributed by atoms with Gasteiger partial charge in [-0.3, -0.25) is 4.98 Å². The minimum atomic E-state index is 0.391. The molecule has 0 radical (unpaired) electrons. The average molecular weight is 525 g/mol. The van der Waals surface area contributed by atoms with Crippen molar-refractivity contribution in [2.45, 2.75) is 0 Å². The van der Waals surface area contributed by atoms with E-state index in [0.717, 1.165) is 61.4 Å². The Bertz CT molecular complexity index is 2010. The van der Waals surface area contributed by atoms with Gasteiger partial charge < -0.3 is 4.57 Å². The molecule has 0 saturated heterocycles. The van der Waals surface area contributed by atoms with Gasteiger partial charge in [-0.2, -0.15) is 5.26 Å². The summed E-state index contributed by atoms with van der Waals surface area (Å²) in [5, 5.41) is 12.5. The summed E-state index contributed by atoms with van der Waals surface area (Å²) in [6.07, 6.45) is 3.68. The molecular weight excluding hydrogens is 500 g/mol. The van der Waals surface area contributed by atoms with E-state index < -0.39 is 0 Å². The third-order valence-corrected chi connectivity index (χ3v) is 7.33. The van der Waals surface area contributed by atoms with Crippen LogP contribution < -0.4 is 0 Å². The third kappa shape index (κ3) is 4.17. The first-order valence-corrected chi connectivity index (χ1v) is 13.5. The maximum Gasteiger partial charge on any atom is 0.149 e. The number of nitriles is 1. The molecule has 0 aliphatic heterocycles. The lowest BCUT2D eigenvalue weighted by Crippen LogP contribution is -2.00. The van der Waals surface area contributed by atoms with Gasteiger partial charge in [-0.05, 0) is 28.8 Å². The highest BCUT2D eigenvalue weighted by molar-refractivity contribution is 6.18. The van der Waals surface area contributed by atoms with Crippen LogP contribution in [0.4, 0.5) is 0 Å². The quantitative estimate of drug-likeness (QED) is 0.226. The van der Waals surface area contributed by atoms with E-state index in [-0.39, 0.29) is 0 Å². The Labute approximate surface area is 238 Å². The minimum Gasteiger partial charge on any atom is -0.306 e. The summed E-state index contributed by atoms with van der Waals surface area (Å²) in [6, 6.07) is 47.5. The molecule has 4 heteroatoms. The molecule has 0 fully saturated rings. The van der Waals surface area contributed by atoms with Gasteiger partial charge in [-0.1, -0.05) is 121 Å². The van der Waals surface area contributed by atoms with Crippen molar-refractivity contribution in [3.8, 4) is 56.7 Å². The van der Waals surface area contributed by atoms with Crippen LogP contribution >= 0.6 is 0 Å². The van der Waals surface area contributed by atoms with E-state index in [9.17, 15) is 5.26 Å². The Morgan fingerprint density at radius 1 is 0.537 bits per heavy atom. The smallest absolute Gasteiger partial charge is 0.149 e. The summed E-state index contributed by atoms with van der Waals surface area (Å²) in [5.74, 6) is 0. The number of fused-ring (bicyclic) bond motifs is 1. The molecular formula is C37H24N4. The van der Waals surface area contributed by atoms with Crippen molar-refractivity contribution >= 4 is 10.8 Å². The van der Waals surface area contributed by atoms with E-state index >= 15 is 0 Å². The summed E-state index contributed by atoms with van der Waals surface area (Å²) in [4.78, 5) is 9.61. The molecule has 0 aliphatic carbocycles. The molecule has 0 spiro atoms. The van der Waals surface area contributed by atoms with Crippen molar-refractivity contribution in [1.29, 1.82) is 5.26 Å². The molecule has 0 N–H and O–H groups in total. The van der Waals surface area contributed by atoms with Crippen molar-refractivity contribution in [3.63, 3.8) is 0 Å². The van der Waals surface area contributed by atoms with E-state index in [1.54, 1.807) is 6.20 Å². The molecule has 7 rings (SSSR count). The monoisotopic (exact) mass is 524 g/mol. The zero-order valence-electron chi connectivity index (χ0n) is 22.1. The molecule has 3 aromatic heterocycles. The van der Waals surface area contributed by atoms with Gasteiger partial charge in [-0.25, -0.2) is 4.98 Å². The number of hydrogen-bond donors (Lipinski definition) is 0. The number of aromatic nitrogens is 3. The highest BCUT2D eigenvalue weighted by atomic mass is 15.0. The summed E-state index contributed by atoms with van der Waals surface area (Å²) >= 11 is 0. The fraction of sp³-hybridized carbons (Fsp3) is 0. The summed E-state index contributed by atoms with van der Waals surface area (Å²) < 4.78 is 2.28. The molecule has 0 aliphatic rings. The van der Waals surface area contributed by atoms with Crippen molar-refractivity contribution in [2.24, 2.45) is 0 Å². The van der Waals surface area contributed by atoms with Crippen LogP contribution in [0.3, 0.4) is 0 Å². The lowest BCUT2D eigenvalue weighted by molar-refractivity contribution is 1.08. The van der Waals surface area contributed by atoms with E-state index in [0.29, 0.717) is 5.69 Å². The second kappa shape index (κ2) is 10.4. The van der Waals surface area contributed by atoms with Crippen molar-refractivity contribution < 1.29 is 0 Å². The zero-order chi connectivity index (χ0) is 27.6. The van der Waals surface area contributed by atoms with E-state index in [1.165, 1.54) is 0 Å². The summed E-state index contributed by atoms with van der Waals surface area (Å²) in [6.45, 7) is 0. The van der Waals surface area contributed by atoms with Gasteiger partial charge in [-0.15, -0.1) is 0 Å². The molecule has 192 valence electrons. The molecule has 0 amide bonds. The lowest BCUT2D eigenvalue weighted by atomic mass is 9.92. The Morgan fingerprint density at radius 2 is 1.05 bits per heavy atom. The number of pyridine rings is 2. The Hall–Kier alpha value is -5.79. The number of nitrogens with zero attached hydrogens (tertiary/aromatic N) is 4. The van der Waals surface area contributed by atoms with Gasteiger partial charge in [0.1, 0.15) is 11.8 Å². The van der Waals surface area contributed by atoms with Gasteiger partial charge in [0.2, 0.25) is 0 Å². The van der Waals surface area contributed by atoms with Crippen molar-refractivity contribution in [3.05, 3.63) is 152 Å². The van der Waals surface area contributed by atoms with Crippen LogP contribution in [0.15, 0.2) is 146 Å². The lowest BCUT2D eigenvalue weighted by Gasteiger charge is -2.14. The first-order chi connectivity index (χ1) is 20.3. The highest BCUT2D eigenvalue weighted by Crippen LogP contribution is 2.49. The van der Waals surface area contributed by atoms with E-state index in [1.807, 2.05) is 60.8 Å². The van der Waals surface area contributed by atoms with E-state index in [2.05, 4.69) is 94.5 Å². The largest absolute Gasteiger partial charge is 0.306 e. The normalized spacial score (nSPS) is 10.9. The predicted octanol–water partition coefficient (Wildman–Crippen LogP) is 8.96. The molecule has 4 aromatic carbocycles. The second-order valence-electron chi connectivity index (χ2n) is 9.75. The average Bonchev–Trinajstić information content (AvgIpc) is 3.42. The fourth-order valence-electron chi connectivity index (χ4n) is 5.64. The van der Waals surface area contributed by atoms with Crippen molar-refractivity contribution in [2.75, 3.05) is 0 Å². The van der Waals surface area contributed by atoms with Gasteiger partial charge in [0.15, 0.2) is 0 Å². The van der Waals surface area contributed by atoms with Gasteiger partial charge in [0.25, 0.3) is 0 Å². The molecule has 0 bridgehead atoms. The first-order valence-electron chi connectivity index (χ1n) is 13.5. The van der Waals surface area contributed by atoms with Gasteiger partial charge >= 0.3 is 0 Å². The molecule has 0 atom stereocenters. The van der Waals surface area contributed by atoms with Crippen molar-refractivity contribution in [1.82, 2.24) is 14.5 Å². The molecule has 0 unspecified atom stereocenters. The maximum absolute atomic E-state index is 10.6. The van der Waals surface area contributed by atoms with Crippen LogP contribution in [0.2, 0.25) is 0 Å². The second-order valence-corrected chi connectivity index (χ2v) is 9.75. The van der Waals surface area contributed by atoms with Crippen LogP contribution in [0, 0.1) is 11.3 Å². The Balaban J connectivity index is 1.81. The zero-order valence-corrected chi connectivity index (χ0v) is 22.1. The van der Waals surface area contributed by atoms with Crippen LogP contribution in [0.5, 0.6) is 0 Å².